The first kappa shape index (κ1) is 58.8. The molecular weight excluding hydrogens is 870 g/mol. The number of aromatic nitrogens is 3. The normalized spacial score (nSPS) is 11.0. The molecule has 376 valence electrons. The Morgan fingerprint density at radius 3 is 1.25 bits per heavy atom. The second-order valence-electron chi connectivity index (χ2n) is 12.8. The summed E-state index contributed by atoms with van der Waals surface area (Å²) in [7, 11) is 0. The van der Waals surface area contributed by atoms with E-state index >= 15 is 0 Å². The molecule has 1 aromatic rings. The second-order valence-corrected chi connectivity index (χ2v) is 12.8. The van der Waals surface area contributed by atoms with Crippen LogP contribution in [-0.2, 0) is 94.0 Å². The van der Waals surface area contributed by atoms with Crippen molar-refractivity contribution in [2.45, 2.75) is 20.1 Å². The SMILES string of the molecule is CCOCCOCCOCCOCCOCCOCCOCCOCCOCCOCCOCCn1cc(COC(=O)NCCNC(=O)CNC(=O)CNC(=O)CNC(=O)CON)nn1. The minimum atomic E-state index is -0.728. The van der Waals surface area contributed by atoms with Crippen LogP contribution in [-0.4, -0.2) is 229 Å². The number of nitrogens with zero attached hydrogens (tertiary/aromatic N) is 3. The Morgan fingerprint density at radius 2 is 0.846 bits per heavy atom. The average molecular weight is 942 g/mol. The van der Waals surface area contributed by atoms with Gasteiger partial charge in [0.1, 0.15) is 18.9 Å². The third kappa shape index (κ3) is 41.0. The predicted octanol–water partition coefficient (Wildman–Crippen LogP) is -3.94. The standard InChI is InChI=1S/C38H71N9O18/c1-2-53-7-8-55-11-12-57-15-16-59-19-20-61-23-24-63-26-25-62-22-21-60-18-17-58-14-13-56-10-9-54-6-5-47-30-33(45-46-47)31-64-38(52)41-4-3-40-34(48)27-42-35(49)28-43-36(50)29-44-37(51)32-65-39/h30H,2-29,31-32,39H2,1H3,(H,40,48)(H,41,52)(H,42,49)(H,43,50)(H,44,51). The maximum atomic E-state index is 12.0. The highest BCUT2D eigenvalue weighted by atomic mass is 16.6. The van der Waals surface area contributed by atoms with Crippen LogP contribution in [0, 0.1) is 0 Å². The zero-order chi connectivity index (χ0) is 47.1. The fourth-order valence-corrected chi connectivity index (χ4v) is 4.42. The van der Waals surface area contributed by atoms with Crippen molar-refractivity contribution < 1.29 is 85.7 Å². The average Bonchev–Trinajstić information content (AvgIpc) is 3.76. The van der Waals surface area contributed by atoms with Crippen molar-refractivity contribution in [1.82, 2.24) is 41.6 Å². The molecular formula is C38H71N9O18. The molecule has 7 N–H and O–H groups in total. The monoisotopic (exact) mass is 941 g/mol. The molecule has 0 unspecified atom stereocenters. The van der Waals surface area contributed by atoms with Crippen molar-refractivity contribution in [3.8, 4) is 0 Å². The number of hydrogen-bond acceptors (Lipinski definition) is 21. The van der Waals surface area contributed by atoms with Gasteiger partial charge in [0, 0.05) is 19.7 Å². The summed E-state index contributed by atoms with van der Waals surface area (Å²) in [6, 6.07) is 0. The Hall–Kier alpha value is -4.23. The van der Waals surface area contributed by atoms with Crippen LogP contribution in [0.15, 0.2) is 6.20 Å². The Morgan fingerprint density at radius 1 is 0.492 bits per heavy atom. The minimum absolute atomic E-state index is 0.0591. The Labute approximate surface area is 379 Å². The van der Waals surface area contributed by atoms with E-state index in [4.69, 9.17) is 62.7 Å². The quantitative estimate of drug-likeness (QED) is 0.0268. The zero-order valence-corrected chi connectivity index (χ0v) is 37.6. The van der Waals surface area contributed by atoms with Crippen molar-refractivity contribution in [1.29, 1.82) is 0 Å². The topological polar surface area (TPSA) is 322 Å². The smallest absolute Gasteiger partial charge is 0.407 e. The molecule has 0 aliphatic rings. The summed E-state index contributed by atoms with van der Waals surface area (Å²) in [5, 5.41) is 19.7. The molecule has 0 spiro atoms. The lowest BCUT2D eigenvalue weighted by molar-refractivity contribution is -0.130. The molecule has 0 bridgehead atoms. The molecule has 0 saturated carbocycles. The molecule has 0 aliphatic carbocycles. The minimum Gasteiger partial charge on any atom is -0.443 e. The highest BCUT2D eigenvalue weighted by Gasteiger charge is 2.10. The van der Waals surface area contributed by atoms with E-state index in [9.17, 15) is 24.0 Å². The molecule has 1 heterocycles. The van der Waals surface area contributed by atoms with Crippen LogP contribution in [0.2, 0.25) is 0 Å². The lowest BCUT2D eigenvalue weighted by atomic mass is 10.4. The summed E-state index contributed by atoms with van der Waals surface area (Å²) >= 11 is 0. The largest absolute Gasteiger partial charge is 0.443 e. The van der Waals surface area contributed by atoms with Crippen molar-refractivity contribution >= 4 is 29.7 Å². The van der Waals surface area contributed by atoms with Gasteiger partial charge in [0.15, 0.2) is 0 Å². The van der Waals surface area contributed by atoms with Gasteiger partial charge in [0.25, 0.3) is 0 Å². The van der Waals surface area contributed by atoms with Gasteiger partial charge in [-0.05, 0) is 6.92 Å². The number of amides is 5. The predicted molar refractivity (Wildman–Crippen MR) is 225 cm³/mol. The summed E-state index contributed by atoms with van der Waals surface area (Å²) in [5.74, 6) is 2.37. The molecule has 0 aliphatic heterocycles. The maximum Gasteiger partial charge on any atom is 0.407 e. The van der Waals surface area contributed by atoms with Crippen LogP contribution in [0.5, 0.6) is 0 Å². The van der Waals surface area contributed by atoms with Gasteiger partial charge < -0.3 is 83.4 Å². The van der Waals surface area contributed by atoms with Gasteiger partial charge in [-0.15, -0.1) is 5.10 Å². The van der Waals surface area contributed by atoms with Crippen LogP contribution in [0.3, 0.4) is 0 Å². The number of alkyl carbamates (subject to hydrolysis) is 1. The molecule has 5 amide bonds. The number of hydrogen-bond donors (Lipinski definition) is 6. The number of carbonyl (C=O) groups is 5. The second kappa shape index (κ2) is 44.9. The van der Waals surface area contributed by atoms with Crippen molar-refractivity contribution in [3.05, 3.63) is 11.9 Å². The fourth-order valence-electron chi connectivity index (χ4n) is 4.42. The van der Waals surface area contributed by atoms with Gasteiger partial charge in [0.2, 0.25) is 23.6 Å². The van der Waals surface area contributed by atoms with Gasteiger partial charge in [-0.25, -0.2) is 15.4 Å². The molecule has 65 heavy (non-hydrogen) atoms. The van der Waals surface area contributed by atoms with Crippen LogP contribution in [0.4, 0.5) is 4.79 Å². The van der Waals surface area contributed by atoms with Crippen molar-refractivity contribution in [2.24, 2.45) is 5.90 Å². The highest BCUT2D eigenvalue weighted by Crippen LogP contribution is 1.97. The zero-order valence-electron chi connectivity index (χ0n) is 37.6. The Bertz CT molecular complexity index is 1340. The number of nitrogens with one attached hydrogen (secondary N) is 5. The number of ether oxygens (including phenoxy) is 12. The third-order valence-electron chi connectivity index (χ3n) is 7.60. The van der Waals surface area contributed by atoms with Gasteiger partial charge in [-0.1, -0.05) is 5.21 Å². The fraction of sp³-hybridized carbons (Fsp3) is 0.816. The number of rotatable bonds is 47. The molecule has 0 radical (unpaired) electrons. The molecule has 0 atom stereocenters. The number of carbonyl (C=O) groups excluding carboxylic acids is 5. The maximum absolute atomic E-state index is 12.0. The summed E-state index contributed by atoms with van der Waals surface area (Å²) in [6.07, 6.45) is 0.894. The van der Waals surface area contributed by atoms with Crippen LogP contribution in [0.1, 0.15) is 12.6 Å². The highest BCUT2D eigenvalue weighted by molar-refractivity contribution is 5.90. The van der Waals surface area contributed by atoms with E-state index in [0.717, 1.165) is 0 Å². The third-order valence-corrected chi connectivity index (χ3v) is 7.60. The van der Waals surface area contributed by atoms with E-state index in [-0.39, 0.29) is 32.8 Å². The molecule has 0 aromatic carbocycles. The summed E-state index contributed by atoms with van der Waals surface area (Å²) < 4.78 is 66.5. The molecule has 0 saturated heterocycles. The molecule has 27 nitrogen and oxygen atoms in total. The van der Waals surface area contributed by atoms with E-state index in [1.165, 1.54) is 0 Å². The van der Waals surface area contributed by atoms with Crippen molar-refractivity contribution in [2.75, 3.05) is 185 Å². The lowest BCUT2D eigenvalue weighted by Crippen LogP contribution is -2.45. The van der Waals surface area contributed by atoms with Crippen molar-refractivity contribution in [3.63, 3.8) is 0 Å². The lowest BCUT2D eigenvalue weighted by Gasteiger charge is -2.09. The van der Waals surface area contributed by atoms with Gasteiger partial charge in [-0.2, -0.15) is 0 Å². The van der Waals surface area contributed by atoms with E-state index in [1.54, 1.807) is 10.9 Å². The van der Waals surface area contributed by atoms with Crippen LogP contribution >= 0.6 is 0 Å². The van der Waals surface area contributed by atoms with Gasteiger partial charge in [-0.3, -0.25) is 24.0 Å². The summed E-state index contributed by atoms with van der Waals surface area (Å²) in [4.78, 5) is 62.5. The molecule has 0 fully saturated rings. The summed E-state index contributed by atoms with van der Waals surface area (Å²) in [6.45, 7) is 11.5. The Balaban J connectivity index is 1.81. The van der Waals surface area contributed by atoms with E-state index < -0.39 is 42.9 Å². The van der Waals surface area contributed by atoms with Gasteiger partial charge >= 0.3 is 6.09 Å². The molecule has 27 heteroatoms. The van der Waals surface area contributed by atoms with E-state index in [1.807, 2.05) is 6.92 Å². The first-order valence-corrected chi connectivity index (χ1v) is 21.4. The summed E-state index contributed by atoms with van der Waals surface area (Å²) in [5.41, 5.74) is 0.428. The van der Waals surface area contributed by atoms with E-state index in [2.05, 4.69) is 41.7 Å². The van der Waals surface area contributed by atoms with E-state index in [0.29, 0.717) is 158 Å². The molecule has 1 aromatic heterocycles. The van der Waals surface area contributed by atoms with Gasteiger partial charge in [0.05, 0.1) is 171 Å². The Kier molecular flexibility index (Phi) is 40.7. The van der Waals surface area contributed by atoms with Crippen LogP contribution in [0.25, 0.3) is 0 Å². The molecule has 1 rings (SSSR count). The first-order valence-electron chi connectivity index (χ1n) is 21.4. The first-order chi connectivity index (χ1) is 31.8. The van der Waals surface area contributed by atoms with Crippen LogP contribution < -0.4 is 32.5 Å². The number of nitrogens with two attached hydrogens (primary N) is 1.